The molecule has 0 saturated carbocycles. The first-order chi connectivity index (χ1) is 13.0. The summed E-state index contributed by atoms with van der Waals surface area (Å²) < 4.78 is 5.42. The van der Waals surface area contributed by atoms with Gasteiger partial charge in [-0.15, -0.1) is 0 Å². The minimum atomic E-state index is -0.731. The number of rotatable bonds is 3. The largest absolute Gasteiger partial charge is 0.430 e. The Labute approximate surface area is 157 Å². The molecule has 8 heteroatoms. The molecule has 2 aromatic rings. The number of hydrogen-bond acceptors (Lipinski definition) is 5. The summed E-state index contributed by atoms with van der Waals surface area (Å²) in [6.45, 7) is 5.89. The van der Waals surface area contributed by atoms with E-state index in [1.165, 1.54) is 12.8 Å². The van der Waals surface area contributed by atoms with Gasteiger partial charge in [0.1, 0.15) is 5.69 Å². The Kier molecular flexibility index (Phi) is 4.73. The molecule has 8 nitrogen and oxygen atoms in total. The second-order valence-corrected chi connectivity index (χ2v) is 7.56. The number of likely N-dealkylation sites (tertiary alicyclic amines) is 2. The minimum absolute atomic E-state index is 0.0715. The number of anilines is 1. The summed E-state index contributed by atoms with van der Waals surface area (Å²) in [4.78, 5) is 32.9. The molecule has 2 aliphatic heterocycles. The molecule has 144 valence electrons. The predicted molar refractivity (Wildman–Crippen MR) is 101 cm³/mol. The maximum Gasteiger partial charge on any atom is 0.322 e. The average Bonchev–Trinajstić information content (AvgIpc) is 3.28. The van der Waals surface area contributed by atoms with Gasteiger partial charge in [-0.25, -0.2) is 9.78 Å². The zero-order chi connectivity index (χ0) is 19.0. The lowest BCUT2D eigenvalue weighted by Crippen LogP contribution is -2.43. The number of primary amides is 1. The lowest BCUT2D eigenvalue weighted by molar-refractivity contribution is 0.0977. The first-order valence-electron chi connectivity index (χ1n) is 9.50. The van der Waals surface area contributed by atoms with E-state index in [-0.39, 0.29) is 17.5 Å². The average molecular weight is 371 g/mol. The van der Waals surface area contributed by atoms with Crippen molar-refractivity contribution in [3.8, 4) is 0 Å². The van der Waals surface area contributed by atoms with Crippen LogP contribution in [0, 0.1) is 5.92 Å². The number of nitrogens with one attached hydrogen (secondary N) is 1. The molecular formula is C19H25N5O3. The Morgan fingerprint density at radius 3 is 2.78 bits per heavy atom. The number of carbonyl (C=O) groups is 2. The highest BCUT2D eigenvalue weighted by Crippen LogP contribution is 2.30. The summed E-state index contributed by atoms with van der Waals surface area (Å²) in [5.41, 5.74) is 5.98. The second kappa shape index (κ2) is 7.19. The monoisotopic (exact) mass is 371 g/mol. The van der Waals surface area contributed by atoms with Crippen LogP contribution in [0.25, 0.3) is 11.1 Å². The van der Waals surface area contributed by atoms with E-state index in [0.717, 1.165) is 25.4 Å². The fourth-order valence-electron chi connectivity index (χ4n) is 4.03. The zero-order valence-electron chi connectivity index (χ0n) is 15.5. The molecule has 1 atom stereocenters. The fourth-order valence-corrected chi connectivity index (χ4v) is 4.03. The molecule has 0 bridgehead atoms. The molecular weight excluding hydrogens is 346 g/mol. The number of hydrogen-bond donors (Lipinski definition) is 2. The van der Waals surface area contributed by atoms with Gasteiger partial charge in [-0.1, -0.05) is 6.92 Å². The van der Waals surface area contributed by atoms with Gasteiger partial charge in [0.15, 0.2) is 0 Å². The van der Waals surface area contributed by atoms with E-state index < -0.39 is 5.91 Å². The van der Waals surface area contributed by atoms with Crippen LogP contribution in [0.4, 0.5) is 10.5 Å². The molecule has 4 rings (SSSR count). The van der Waals surface area contributed by atoms with Crippen molar-refractivity contribution in [3.63, 3.8) is 0 Å². The maximum atomic E-state index is 12.8. The quantitative estimate of drug-likeness (QED) is 0.861. The molecule has 3 N–H and O–H groups in total. The van der Waals surface area contributed by atoms with E-state index in [1.807, 2.05) is 0 Å². The van der Waals surface area contributed by atoms with Gasteiger partial charge in [0, 0.05) is 25.3 Å². The van der Waals surface area contributed by atoms with Gasteiger partial charge in [0.2, 0.25) is 11.5 Å². The molecule has 2 aliphatic rings. The lowest BCUT2D eigenvalue weighted by Gasteiger charge is -2.34. The van der Waals surface area contributed by atoms with E-state index in [0.29, 0.717) is 30.2 Å². The molecule has 0 radical (unpaired) electrons. The molecule has 2 fully saturated rings. The number of furan rings is 1. The van der Waals surface area contributed by atoms with Gasteiger partial charge >= 0.3 is 6.03 Å². The van der Waals surface area contributed by atoms with Crippen LogP contribution in [-0.4, -0.2) is 58.9 Å². The first-order valence-corrected chi connectivity index (χ1v) is 9.50. The smallest absolute Gasteiger partial charge is 0.322 e. The van der Waals surface area contributed by atoms with Crippen molar-refractivity contribution in [2.24, 2.45) is 11.7 Å². The van der Waals surface area contributed by atoms with E-state index in [2.05, 4.69) is 22.1 Å². The summed E-state index contributed by atoms with van der Waals surface area (Å²) >= 11 is 0. The predicted octanol–water partition coefficient (Wildman–Crippen LogP) is 2.26. The van der Waals surface area contributed by atoms with Crippen LogP contribution in [0.15, 0.2) is 22.7 Å². The number of amides is 3. The zero-order valence-corrected chi connectivity index (χ0v) is 15.5. The number of nitrogens with zero attached hydrogens (tertiary/aromatic N) is 3. The minimum Gasteiger partial charge on any atom is -0.430 e. The fraction of sp³-hybridized carbons (Fsp3) is 0.526. The molecule has 0 aliphatic carbocycles. The van der Waals surface area contributed by atoms with Gasteiger partial charge in [0.25, 0.3) is 5.91 Å². The SMILES string of the molecule is CC1CCN([C@@H]2CCN(C(=O)Nc3c(C(N)=O)oc4ncccc34)C2)CC1. The summed E-state index contributed by atoms with van der Waals surface area (Å²) in [6, 6.07) is 3.63. The highest BCUT2D eigenvalue weighted by molar-refractivity contribution is 6.09. The third kappa shape index (κ3) is 3.49. The normalized spacial score (nSPS) is 21.7. The van der Waals surface area contributed by atoms with Crippen LogP contribution in [0.3, 0.4) is 0 Å². The Morgan fingerprint density at radius 2 is 2.04 bits per heavy atom. The lowest BCUT2D eigenvalue weighted by atomic mass is 9.98. The van der Waals surface area contributed by atoms with Gasteiger partial charge in [0.05, 0.1) is 5.39 Å². The standard InChI is InChI=1S/C19H25N5O3/c1-12-4-8-23(9-5-12)13-6-10-24(11-13)19(26)22-15-14-3-2-7-21-18(14)27-16(15)17(20)25/h2-3,7,12-13H,4-6,8-11H2,1H3,(H2,20,25)(H,22,26)/t13-/m1/s1. The van der Waals surface area contributed by atoms with Crippen molar-refractivity contribution >= 4 is 28.7 Å². The molecule has 0 spiro atoms. The topological polar surface area (TPSA) is 105 Å². The van der Waals surface area contributed by atoms with Gasteiger partial charge in [-0.2, -0.15) is 0 Å². The Bertz CT molecular complexity index is 856. The number of nitrogens with two attached hydrogens (primary N) is 1. The van der Waals surface area contributed by atoms with Crippen LogP contribution in [0.5, 0.6) is 0 Å². The van der Waals surface area contributed by atoms with Gasteiger partial charge in [-0.3, -0.25) is 9.69 Å². The number of piperidine rings is 1. The molecule has 2 aromatic heterocycles. The van der Waals surface area contributed by atoms with Crippen molar-refractivity contribution in [1.29, 1.82) is 0 Å². The van der Waals surface area contributed by atoms with Crippen molar-refractivity contribution in [2.45, 2.75) is 32.2 Å². The first kappa shape index (κ1) is 17.8. The van der Waals surface area contributed by atoms with Crippen LogP contribution in [0.2, 0.25) is 0 Å². The van der Waals surface area contributed by atoms with Crippen LogP contribution in [-0.2, 0) is 0 Å². The highest BCUT2D eigenvalue weighted by Gasteiger charge is 2.33. The molecule has 4 heterocycles. The number of urea groups is 1. The third-order valence-electron chi connectivity index (χ3n) is 5.71. The van der Waals surface area contributed by atoms with Gasteiger partial charge in [-0.05, 0) is 50.4 Å². The van der Waals surface area contributed by atoms with E-state index in [1.54, 1.807) is 23.2 Å². The van der Waals surface area contributed by atoms with Crippen LogP contribution >= 0.6 is 0 Å². The number of fused-ring (bicyclic) bond motifs is 1. The summed E-state index contributed by atoms with van der Waals surface area (Å²) in [6.07, 6.45) is 4.97. The van der Waals surface area contributed by atoms with Crippen molar-refractivity contribution in [3.05, 3.63) is 24.1 Å². The van der Waals surface area contributed by atoms with Crippen LogP contribution < -0.4 is 11.1 Å². The van der Waals surface area contributed by atoms with Gasteiger partial charge < -0.3 is 20.4 Å². The number of carbonyl (C=O) groups excluding carboxylic acids is 2. The number of pyridine rings is 1. The molecule has 2 saturated heterocycles. The van der Waals surface area contributed by atoms with Crippen molar-refractivity contribution in [1.82, 2.24) is 14.8 Å². The molecule has 0 unspecified atom stereocenters. The Morgan fingerprint density at radius 1 is 1.26 bits per heavy atom. The molecule has 3 amide bonds. The van der Waals surface area contributed by atoms with E-state index in [9.17, 15) is 9.59 Å². The summed E-state index contributed by atoms with van der Waals surface area (Å²) in [7, 11) is 0. The highest BCUT2D eigenvalue weighted by atomic mass is 16.4. The second-order valence-electron chi connectivity index (χ2n) is 7.56. The summed E-state index contributed by atoms with van der Waals surface area (Å²) in [5.74, 6) is -0.0138. The summed E-state index contributed by atoms with van der Waals surface area (Å²) in [5, 5.41) is 3.39. The Hall–Kier alpha value is -2.61. The van der Waals surface area contributed by atoms with E-state index in [4.69, 9.17) is 10.2 Å². The Balaban J connectivity index is 1.46. The molecule has 0 aromatic carbocycles. The van der Waals surface area contributed by atoms with E-state index >= 15 is 0 Å². The maximum absolute atomic E-state index is 12.8. The molecule has 27 heavy (non-hydrogen) atoms. The van der Waals surface area contributed by atoms with Crippen molar-refractivity contribution in [2.75, 3.05) is 31.5 Å². The third-order valence-corrected chi connectivity index (χ3v) is 5.71. The van der Waals surface area contributed by atoms with Crippen molar-refractivity contribution < 1.29 is 14.0 Å². The van der Waals surface area contributed by atoms with Crippen LogP contribution in [0.1, 0.15) is 36.7 Å². The number of aromatic nitrogens is 1.